The summed E-state index contributed by atoms with van der Waals surface area (Å²) in [5.41, 5.74) is 1.75. The first-order valence-electron chi connectivity index (χ1n) is 4.76. The molecule has 1 N–H and O–H groups in total. The molecule has 0 spiro atoms. The monoisotopic (exact) mass is 180 g/mol. The van der Waals surface area contributed by atoms with Crippen LogP contribution in [0.4, 0.5) is 0 Å². The molecule has 0 amide bonds. The van der Waals surface area contributed by atoms with E-state index in [1.165, 1.54) is 0 Å². The molecule has 0 aliphatic carbocycles. The van der Waals surface area contributed by atoms with Gasteiger partial charge in [0.15, 0.2) is 0 Å². The summed E-state index contributed by atoms with van der Waals surface area (Å²) in [4.78, 5) is 8.60. The lowest BCUT2D eigenvalue weighted by atomic mass is 10.2. The average Bonchev–Trinajstić information content (AvgIpc) is 2.17. The van der Waals surface area contributed by atoms with Crippen LogP contribution in [-0.4, -0.2) is 15.1 Å². The van der Waals surface area contributed by atoms with Crippen LogP contribution < -0.4 is 0 Å². The lowest BCUT2D eigenvalue weighted by Gasteiger charge is -2.03. The van der Waals surface area contributed by atoms with E-state index in [1.54, 1.807) is 0 Å². The summed E-state index contributed by atoms with van der Waals surface area (Å²) in [7, 11) is 0. The van der Waals surface area contributed by atoms with Crippen molar-refractivity contribution in [3.63, 3.8) is 0 Å². The molecular weight excluding hydrogens is 164 g/mol. The molecule has 0 unspecified atom stereocenters. The van der Waals surface area contributed by atoms with Crippen molar-refractivity contribution < 1.29 is 5.11 Å². The number of aryl methyl sites for hydroxylation is 2. The van der Waals surface area contributed by atoms with Gasteiger partial charge in [-0.3, -0.25) is 0 Å². The van der Waals surface area contributed by atoms with Crippen molar-refractivity contribution in [3.05, 3.63) is 23.3 Å². The van der Waals surface area contributed by atoms with Crippen molar-refractivity contribution >= 4 is 0 Å². The molecule has 1 rings (SSSR count). The third-order valence-corrected chi connectivity index (χ3v) is 1.88. The van der Waals surface area contributed by atoms with Crippen LogP contribution in [0.3, 0.4) is 0 Å². The summed E-state index contributed by atoms with van der Waals surface area (Å²) in [6, 6.07) is 1.86. The van der Waals surface area contributed by atoms with Gasteiger partial charge in [-0.15, -0.1) is 0 Å². The fourth-order valence-electron chi connectivity index (χ4n) is 1.21. The third kappa shape index (κ3) is 2.77. The van der Waals surface area contributed by atoms with Crippen LogP contribution >= 0.6 is 0 Å². The Morgan fingerprint density at radius 1 is 1.23 bits per heavy atom. The Morgan fingerprint density at radius 2 is 1.92 bits per heavy atom. The maximum absolute atomic E-state index is 8.96. The zero-order valence-corrected chi connectivity index (χ0v) is 8.25. The highest BCUT2D eigenvalue weighted by Gasteiger charge is 2.01. The van der Waals surface area contributed by atoms with Crippen molar-refractivity contribution in [2.75, 3.05) is 0 Å². The van der Waals surface area contributed by atoms with Gasteiger partial charge in [-0.05, 0) is 18.9 Å². The zero-order chi connectivity index (χ0) is 9.68. The molecule has 3 nitrogen and oxygen atoms in total. The van der Waals surface area contributed by atoms with Gasteiger partial charge in [0.2, 0.25) is 0 Å². The fraction of sp³-hybridized carbons (Fsp3) is 0.600. The van der Waals surface area contributed by atoms with E-state index in [9.17, 15) is 0 Å². The van der Waals surface area contributed by atoms with Crippen molar-refractivity contribution in [3.8, 4) is 0 Å². The summed E-state index contributed by atoms with van der Waals surface area (Å²) in [6.45, 7) is 4.16. The van der Waals surface area contributed by atoms with Gasteiger partial charge in [0.1, 0.15) is 5.82 Å². The molecule has 13 heavy (non-hydrogen) atoms. The van der Waals surface area contributed by atoms with E-state index in [2.05, 4.69) is 23.8 Å². The van der Waals surface area contributed by atoms with Gasteiger partial charge in [-0.1, -0.05) is 13.8 Å². The van der Waals surface area contributed by atoms with Crippen molar-refractivity contribution in [2.45, 2.75) is 39.7 Å². The SMILES string of the molecule is CCCc1nc(CC)cc(CO)n1. The van der Waals surface area contributed by atoms with E-state index in [1.807, 2.05) is 6.07 Å². The van der Waals surface area contributed by atoms with Gasteiger partial charge in [0.05, 0.1) is 12.3 Å². The Kier molecular flexibility index (Phi) is 3.83. The maximum atomic E-state index is 8.96. The van der Waals surface area contributed by atoms with Gasteiger partial charge < -0.3 is 5.11 Å². The molecule has 0 bridgehead atoms. The largest absolute Gasteiger partial charge is 0.390 e. The molecule has 3 heteroatoms. The minimum Gasteiger partial charge on any atom is -0.390 e. The number of aliphatic hydroxyl groups excluding tert-OH is 1. The van der Waals surface area contributed by atoms with Crippen LogP contribution in [0, 0.1) is 0 Å². The zero-order valence-electron chi connectivity index (χ0n) is 8.25. The van der Waals surface area contributed by atoms with Crippen molar-refractivity contribution in [1.29, 1.82) is 0 Å². The molecule has 1 aromatic heterocycles. The molecule has 1 aromatic rings. The van der Waals surface area contributed by atoms with Gasteiger partial charge in [0, 0.05) is 12.1 Å². The van der Waals surface area contributed by atoms with Crippen LogP contribution in [0.5, 0.6) is 0 Å². The van der Waals surface area contributed by atoms with E-state index < -0.39 is 0 Å². The highest BCUT2D eigenvalue weighted by molar-refractivity contribution is 5.10. The number of aliphatic hydroxyl groups is 1. The van der Waals surface area contributed by atoms with Gasteiger partial charge in [-0.2, -0.15) is 0 Å². The Balaban J connectivity index is 2.93. The van der Waals surface area contributed by atoms with Crippen LogP contribution in [0.25, 0.3) is 0 Å². The summed E-state index contributed by atoms with van der Waals surface area (Å²) < 4.78 is 0. The van der Waals surface area contributed by atoms with E-state index in [4.69, 9.17) is 5.11 Å². The third-order valence-electron chi connectivity index (χ3n) is 1.88. The number of rotatable bonds is 4. The molecule has 0 aromatic carbocycles. The Hall–Kier alpha value is -0.960. The van der Waals surface area contributed by atoms with E-state index >= 15 is 0 Å². The number of aromatic nitrogens is 2. The first kappa shape index (κ1) is 10.1. The second kappa shape index (κ2) is 4.92. The van der Waals surface area contributed by atoms with E-state index in [0.717, 1.165) is 36.5 Å². The Bertz CT molecular complexity index is 251. The first-order chi connectivity index (χ1) is 6.30. The molecule has 0 aliphatic rings. The second-order valence-corrected chi connectivity index (χ2v) is 3.03. The minimum absolute atomic E-state index is 0.00618. The van der Waals surface area contributed by atoms with Crippen LogP contribution in [0.1, 0.15) is 37.5 Å². The van der Waals surface area contributed by atoms with Crippen molar-refractivity contribution in [1.82, 2.24) is 9.97 Å². The van der Waals surface area contributed by atoms with Gasteiger partial charge in [0.25, 0.3) is 0 Å². The van der Waals surface area contributed by atoms with E-state index in [-0.39, 0.29) is 6.61 Å². The number of hydrogen-bond acceptors (Lipinski definition) is 3. The topological polar surface area (TPSA) is 46.0 Å². The van der Waals surface area contributed by atoms with E-state index in [0.29, 0.717) is 0 Å². The predicted octanol–water partition coefficient (Wildman–Crippen LogP) is 1.48. The van der Waals surface area contributed by atoms with Gasteiger partial charge in [-0.25, -0.2) is 9.97 Å². The smallest absolute Gasteiger partial charge is 0.128 e. The summed E-state index contributed by atoms with van der Waals surface area (Å²) in [5, 5.41) is 8.96. The molecule has 0 saturated carbocycles. The second-order valence-electron chi connectivity index (χ2n) is 3.03. The minimum atomic E-state index is 0.00618. The Morgan fingerprint density at radius 3 is 2.46 bits per heavy atom. The predicted molar refractivity (Wildman–Crippen MR) is 51.3 cm³/mol. The van der Waals surface area contributed by atoms with Gasteiger partial charge >= 0.3 is 0 Å². The molecule has 1 heterocycles. The average molecular weight is 180 g/mol. The molecule has 72 valence electrons. The molecular formula is C10H16N2O. The highest BCUT2D eigenvalue weighted by Crippen LogP contribution is 2.04. The maximum Gasteiger partial charge on any atom is 0.128 e. The normalized spacial score (nSPS) is 10.4. The highest BCUT2D eigenvalue weighted by atomic mass is 16.3. The summed E-state index contributed by atoms with van der Waals surface area (Å²) >= 11 is 0. The summed E-state index contributed by atoms with van der Waals surface area (Å²) in [6.07, 6.45) is 2.82. The molecule has 0 radical (unpaired) electrons. The molecule has 0 fully saturated rings. The lowest BCUT2D eigenvalue weighted by Crippen LogP contribution is -2.02. The molecule has 0 saturated heterocycles. The number of nitrogens with zero attached hydrogens (tertiary/aromatic N) is 2. The quantitative estimate of drug-likeness (QED) is 0.763. The van der Waals surface area contributed by atoms with Crippen LogP contribution in [0.2, 0.25) is 0 Å². The number of hydrogen-bond donors (Lipinski definition) is 1. The Labute approximate surface area is 78.9 Å². The lowest BCUT2D eigenvalue weighted by molar-refractivity contribution is 0.276. The van der Waals surface area contributed by atoms with Crippen LogP contribution in [0.15, 0.2) is 6.07 Å². The molecule has 0 atom stereocenters. The first-order valence-corrected chi connectivity index (χ1v) is 4.76. The van der Waals surface area contributed by atoms with Crippen LogP contribution in [-0.2, 0) is 19.4 Å². The molecule has 0 aliphatic heterocycles. The van der Waals surface area contributed by atoms with Crippen molar-refractivity contribution in [2.24, 2.45) is 0 Å². The summed E-state index contributed by atoms with van der Waals surface area (Å²) in [5.74, 6) is 0.853. The fourth-order valence-corrected chi connectivity index (χ4v) is 1.21. The standard InChI is InChI=1S/C10H16N2O/c1-3-5-10-11-8(4-2)6-9(7-13)12-10/h6,13H,3-5,7H2,1-2H3.